The quantitative estimate of drug-likeness (QED) is 0.357. The van der Waals surface area contributed by atoms with Crippen LogP contribution in [0.4, 0.5) is 5.82 Å². The zero-order valence-corrected chi connectivity index (χ0v) is 19.3. The highest BCUT2D eigenvalue weighted by molar-refractivity contribution is 7.17. The average molecular weight is 458 g/mol. The van der Waals surface area contributed by atoms with E-state index in [1.165, 1.54) is 0 Å². The Bertz CT molecular complexity index is 1390. The number of nitrogens with zero attached hydrogens (tertiary/aromatic N) is 4. The Kier molecular flexibility index (Phi) is 5.66. The van der Waals surface area contributed by atoms with Gasteiger partial charge >= 0.3 is 0 Å². The molecule has 3 aromatic heterocycles. The van der Waals surface area contributed by atoms with E-state index in [0.29, 0.717) is 0 Å². The standard InChI is InChI=1S/C25H23N5O2S/c1-30-12-11-26-24(30)22(17-5-4-6-19(13-17)32-3)29-23-21-20(14-33-25(21)28-15-27-23)16-7-9-18(31-2)10-8-16/h4-15,22H,1-3H3,(H,27,28,29). The second-order valence-corrected chi connectivity index (χ2v) is 8.39. The van der Waals surface area contributed by atoms with Crippen molar-refractivity contribution in [3.05, 3.63) is 84.0 Å². The number of imidazole rings is 1. The second kappa shape index (κ2) is 8.91. The molecule has 2 aromatic carbocycles. The zero-order chi connectivity index (χ0) is 22.8. The van der Waals surface area contributed by atoms with Gasteiger partial charge < -0.3 is 19.4 Å². The van der Waals surface area contributed by atoms with E-state index >= 15 is 0 Å². The van der Waals surface area contributed by atoms with E-state index in [1.807, 2.05) is 48.1 Å². The SMILES string of the molecule is COc1ccc(-c2csc3ncnc(NC(c4cccc(OC)c4)c4nccn4C)c23)cc1. The van der Waals surface area contributed by atoms with Crippen molar-refractivity contribution in [3.8, 4) is 22.6 Å². The van der Waals surface area contributed by atoms with Crippen LogP contribution in [0.5, 0.6) is 11.5 Å². The molecule has 0 radical (unpaired) electrons. The van der Waals surface area contributed by atoms with Crippen molar-refractivity contribution < 1.29 is 9.47 Å². The third-order valence-electron chi connectivity index (χ3n) is 5.60. The van der Waals surface area contributed by atoms with Gasteiger partial charge in [0.25, 0.3) is 0 Å². The molecule has 1 unspecified atom stereocenters. The van der Waals surface area contributed by atoms with Crippen molar-refractivity contribution in [2.45, 2.75) is 6.04 Å². The van der Waals surface area contributed by atoms with E-state index in [-0.39, 0.29) is 6.04 Å². The first-order valence-electron chi connectivity index (χ1n) is 10.4. The summed E-state index contributed by atoms with van der Waals surface area (Å²) in [6.45, 7) is 0. The van der Waals surface area contributed by atoms with Crippen LogP contribution in [0.1, 0.15) is 17.4 Å². The molecule has 3 heterocycles. The van der Waals surface area contributed by atoms with Gasteiger partial charge in [-0.2, -0.15) is 0 Å². The fourth-order valence-electron chi connectivity index (χ4n) is 3.88. The molecule has 0 saturated heterocycles. The van der Waals surface area contributed by atoms with Crippen LogP contribution in [0.2, 0.25) is 0 Å². The Morgan fingerprint density at radius 1 is 0.970 bits per heavy atom. The third kappa shape index (κ3) is 4.01. The lowest BCUT2D eigenvalue weighted by atomic mass is 10.0. The summed E-state index contributed by atoms with van der Waals surface area (Å²) in [5.41, 5.74) is 3.18. The van der Waals surface area contributed by atoms with Gasteiger partial charge in [0.2, 0.25) is 0 Å². The highest BCUT2D eigenvalue weighted by Crippen LogP contribution is 2.39. The van der Waals surface area contributed by atoms with Gasteiger partial charge in [-0.25, -0.2) is 15.0 Å². The Balaban J connectivity index is 1.62. The minimum Gasteiger partial charge on any atom is -0.497 e. The van der Waals surface area contributed by atoms with Gasteiger partial charge in [-0.15, -0.1) is 11.3 Å². The molecule has 5 rings (SSSR count). The lowest BCUT2D eigenvalue weighted by molar-refractivity contribution is 0.414. The monoisotopic (exact) mass is 457 g/mol. The van der Waals surface area contributed by atoms with Crippen molar-refractivity contribution in [1.29, 1.82) is 0 Å². The molecule has 8 heteroatoms. The van der Waals surface area contributed by atoms with Crippen molar-refractivity contribution in [2.24, 2.45) is 7.05 Å². The molecule has 33 heavy (non-hydrogen) atoms. The normalized spacial score (nSPS) is 12.0. The fourth-order valence-corrected chi connectivity index (χ4v) is 4.79. The van der Waals surface area contributed by atoms with Gasteiger partial charge in [-0.3, -0.25) is 0 Å². The van der Waals surface area contributed by atoms with Gasteiger partial charge in [0.05, 0.1) is 19.6 Å². The molecule has 5 aromatic rings. The lowest BCUT2D eigenvalue weighted by Gasteiger charge is -2.21. The van der Waals surface area contributed by atoms with Crippen molar-refractivity contribution in [2.75, 3.05) is 19.5 Å². The zero-order valence-electron chi connectivity index (χ0n) is 18.5. The molecule has 1 N–H and O–H groups in total. The number of nitrogens with one attached hydrogen (secondary N) is 1. The maximum atomic E-state index is 5.47. The number of benzene rings is 2. The van der Waals surface area contributed by atoms with Gasteiger partial charge in [0.1, 0.15) is 40.3 Å². The van der Waals surface area contributed by atoms with Crippen LogP contribution in [0.15, 0.2) is 72.6 Å². The summed E-state index contributed by atoms with van der Waals surface area (Å²) in [7, 11) is 5.32. The van der Waals surface area contributed by atoms with Crippen LogP contribution in [-0.2, 0) is 7.05 Å². The van der Waals surface area contributed by atoms with Crippen molar-refractivity contribution in [3.63, 3.8) is 0 Å². The largest absolute Gasteiger partial charge is 0.497 e. The van der Waals surface area contributed by atoms with Gasteiger partial charge in [-0.05, 0) is 35.4 Å². The summed E-state index contributed by atoms with van der Waals surface area (Å²) in [5, 5.41) is 6.74. The number of hydrogen-bond acceptors (Lipinski definition) is 7. The van der Waals surface area contributed by atoms with E-state index < -0.39 is 0 Å². The van der Waals surface area contributed by atoms with Crippen molar-refractivity contribution in [1.82, 2.24) is 19.5 Å². The van der Waals surface area contributed by atoms with Crippen LogP contribution in [0, 0.1) is 0 Å². The molecule has 0 saturated carbocycles. The minimum absolute atomic E-state index is 0.234. The minimum atomic E-state index is -0.234. The molecule has 0 aliphatic carbocycles. The average Bonchev–Trinajstić information content (AvgIpc) is 3.49. The van der Waals surface area contributed by atoms with Crippen LogP contribution in [0.25, 0.3) is 21.3 Å². The number of fused-ring (bicyclic) bond motifs is 1. The number of hydrogen-bond donors (Lipinski definition) is 1. The summed E-state index contributed by atoms with van der Waals surface area (Å²) >= 11 is 1.60. The smallest absolute Gasteiger partial charge is 0.139 e. The summed E-state index contributed by atoms with van der Waals surface area (Å²) < 4.78 is 12.8. The molecule has 166 valence electrons. The summed E-state index contributed by atoms with van der Waals surface area (Å²) in [6, 6.07) is 15.8. The van der Waals surface area contributed by atoms with E-state index in [9.17, 15) is 0 Å². The Labute approximate surface area is 195 Å². The van der Waals surface area contributed by atoms with Crippen LogP contribution in [-0.4, -0.2) is 33.7 Å². The molecule has 0 fully saturated rings. The first-order valence-corrected chi connectivity index (χ1v) is 11.3. The maximum absolute atomic E-state index is 5.47. The summed E-state index contributed by atoms with van der Waals surface area (Å²) in [5.74, 6) is 3.23. The molecule has 0 spiro atoms. The molecule has 1 atom stereocenters. The highest BCUT2D eigenvalue weighted by atomic mass is 32.1. The molecule has 0 bridgehead atoms. The third-order valence-corrected chi connectivity index (χ3v) is 6.48. The molecule has 0 aliphatic heterocycles. The summed E-state index contributed by atoms with van der Waals surface area (Å²) in [4.78, 5) is 14.7. The number of ether oxygens (including phenoxy) is 2. The number of aromatic nitrogens is 4. The topological polar surface area (TPSA) is 74.1 Å². The first kappa shape index (κ1) is 21.0. The molecular weight excluding hydrogens is 434 g/mol. The fraction of sp³-hybridized carbons (Fsp3) is 0.160. The number of thiophene rings is 1. The lowest BCUT2D eigenvalue weighted by Crippen LogP contribution is -2.17. The number of aryl methyl sites for hydroxylation is 1. The van der Waals surface area contributed by atoms with Crippen LogP contribution >= 0.6 is 11.3 Å². The molecular formula is C25H23N5O2S. The van der Waals surface area contributed by atoms with E-state index in [4.69, 9.17) is 9.47 Å². The molecule has 7 nitrogen and oxygen atoms in total. The van der Waals surface area contributed by atoms with Crippen LogP contribution < -0.4 is 14.8 Å². The number of anilines is 1. The van der Waals surface area contributed by atoms with Gasteiger partial charge in [0, 0.05) is 30.4 Å². The highest BCUT2D eigenvalue weighted by Gasteiger charge is 2.22. The van der Waals surface area contributed by atoms with E-state index in [0.717, 1.165) is 50.0 Å². The van der Waals surface area contributed by atoms with Crippen molar-refractivity contribution >= 4 is 27.4 Å². The van der Waals surface area contributed by atoms with E-state index in [1.54, 1.807) is 38.1 Å². The molecule has 0 aliphatic rings. The van der Waals surface area contributed by atoms with E-state index in [2.05, 4.69) is 43.8 Å². The Hall–Kier alpha value is -3.91. The Morgan fingerprint density at radius 2 is 1.79 bits per heavy atom. The summed E-state index contributed by atoms with van der Waals surface area (Å²) in [6.07, 6.45) is 5.33. The first-order chi connectivity index (χ1) is 16.2. The van der Waals surface area contributed by atoms with Crippen LogP contribution in [0.3, 0.4) is 0 Å². The Morgan fingerprint density at radius 3 is 2.52 bits per heavy atom. The van der Waals surface area contributed by atoms with Gasteiger partial charge in [-0.1, -0.05) is 24.3 Å². The predicted molar refractivity (Wildman–Crippen MR) is 131 cm³/mol. The molecule has 0 amide bonds. The number of rotatable bonds is 7. The number of methoxy groups -OCH3 is 2. The predicted octanol–water partition coefficient (Wildman–Crippen LogP) is 5.31. The second-order valence-electron chi connectivity index (χ2n) is 7.53. The van der Waals surface area contributed by atoms with Gasteiger partial charge in [0.15, 0.2) is 0 Å². The maximum Gasteiger partial charge on any atom is 0.139 e.